The molecule has 1 rings (SSSR count). The van der Waals surface area contributed by atoms with E-state index in [9.17, 15) is 17.6 Å². The van der Waals surface area contributed by atoms with Gasteiger partial charge in [-0.1, -0.05) is 11.6 Å². The lowest BCUT2D eigenvalue weighted by atomic mass is 10.2. The first-order valence-electron chi connectivity index (χ1n) is 5.94. The maximum Gasteiger partial charge on any atom is 0.338 e. The SMILES string of the molecule is CC(CNS(=O)(=O)c1cc(Cl)cc(C(=O)O)c1F)N(C)C. The minimum absolute atomic E-state index is 0.0453. The van der Waals surface area contributed by atoms with E-state index in [0.29, 0.717) is 0 Å². The molecule has 0 radical (unpaired) electrons. The highest BCUT2D eigenvalue weighted by atomic mass is 35.5. The molecule has 0 bridgehead atoms. The number of carboxylic acid groups (broad SMARTS) is 1. The summed E-state index contributed by atoms with van der Waals surface area (Å²) in [6, 6.07) is 1.62. The van der Waals surface area contributed by atoms with Crippen molar-refractivity contribution in [3.63, 3.8) is 0 Å². The van der Waals surface area contributed by atoms with Crippen molar-refractivity contribution >= 4 is 27.6 Å². The summed E-state index contributed by atoms with van der Waals surface area (Å²) in [6.45, 7) is 1.82. The second-order valence-corrected chi connectivity index (χ2v) is 6.91. The lowest BCUT2D eigenvalue weighted by Gasteiger charge is -2.20. The van der Waals surface area contributed by atoms with Gasteiger partial charge < -0.3 is 10.0 Å². The number of sulfonamides is 1. The van der Waals surface area contributed by atoms with Gasteiger partial charge in [0.15, 0.2) is 5.82 Å². The number of likely N-dealkylation sites (N-methyl/N-ethyl adjacent to an activating group) is 1. The molecule has 0 amide bonds. The number of rotatable bonds is 6. The predicted molar refractivity (Wildman–Crippen MR) is 76.7 cm³/mol. The Kier molecular flexibility index (Phi) is 5.68. The lowest BCUT2D eigenvalue weighted by molar-refractivity contribution is 0.0691. The molecule has 0 aliphatic carbocycles. The van der Waals surface area contributed by atoms with Crippen LogP contribution in [0.15, 0.2) is 17.0 Å². The van der Waals surface area contributed by atoms with E-state index in [2.05, 4.69) is 4.72 Å². The van der Waals surface area contributed by atoms with Crippen LogP contribution in [0.5, 0.6) is 0 Å². The Bertz CT molecular complexity index is 649. The van der Waals surface area contributed by atoms with Crippen molar-refractivity contribution in [3.05, 3.63) is 28.5 Å². The molecule has 0 saturated heterocycles. The second kappa shape index (κ2) is 6.69. The zero-order chi connectivity index (χ0) is 16.4. The molecule has 2 N–H and O–H groups in total. The zero-order valence-corrected chi connectivity index (χ0v) is 13.3. The van der Waals surface area contributed by atoms with Gasteiger partial charge in [-0.25, -0.2) is 22.3 Å². The Morgan fingerprint density at radius 2 is 2.05 bits per heavy atom. The topological polar surface area (TPSA) is 86.7 Å². The van der Waals surface area contributed by atoms with Gasteiger partial charge in [-0.05, 0) is 33.2 Å². The summed E-state index contributed by atoms with van der Waals surface area (Å²) in [5.74, 6) is -2.93. The van der Waals surface area contributed by atoms with Gasteiger partial charge in [0.1, 0.15) is 4.90 Å². The third-order valence-electron chi connectivity index (χ3n) is 2.97. The molecule has 1 atom stereocenters. The van der Waals surface area contributed by atoms with E-state index in [0.717, 1.165) is 12.1 Å². The first-order chi connectivity index (χ1) is 9.56. The Balaban J connectivity index is 3.17. The van der Waals surface area contributed by atoms with Crippen LogP contribution in [0.1, 0.15) is 17.3 Å². The number of benzene rings is 1. The van der Waals surface area contributed by atoms with Crippen LogP contribution in [0.3, 0.4) is 0 Å². The molecule has 0 aliphatic heterocycles. The Hall–Kier alpha value is -1.22. The van der Waals surface area contributed by atoms with Crippen molar-refractivity contribution in [2.75, 3.05) is 20.6 Å². The van der Waals surface area contributed by atoms with Crippen LogP contribution in [-0.2, 0) is 10.0 Å². The molecule has 0 spiro atoms. The maximum absolute atomic E-state index is 14.0. The van der Waals surface area contributed by atoms with E-state index < -0.39 is 32.3 Å². The summed E-state index contributed by atoms with van der Waals surface area (Å²) in [4.78, 5) is 11.9. The summed E-state index contributed by atoms with van der Waals surface area (Å²) in [6.07, 6.45) is 0. The zero-order valence-electron chi connectivity index (χ0n) is 11.7. The first kappa shape index (κ1) is 17.8. The number of aromatic carboxylic acids is 1. The largest absolute Gasteiger partial charge is 0.478 e. The quantitative estimate of drug-likeness (QED) is 0.819. The Morgan fingerprint density at radius 3 is 2.52 bits per heavy atom. The molecule has 21 heavy (non-hydrogen) atoms. The smallest absolute Gasteiger partial charge is 0.338 e. The highest BCUT2D eigenvalue weighted by Crippen LogP contribution is 2.23. The van der Waals surface area contributed by atoms with Crippen LogP contribution in [0.4, 0.5) is 4.39 Å². The number of halogens is 2. The molecule has 118 valence electrons. The van der Waals surface area contributed by atoms with Crippen LogP contribution < -0.4 is 4.72 Å². The average molecular weight is 339 g/mol. The summed E-state index contributed by atoms with van der Waals surface area (Å²) < 4.78 is 40.4. The van der Waals surface area contributed by atoms with E-state index >= 15 is 0 Å². The number of nitrogens with zero attached hydrogens (tertiary/aromatic N) is 1. The van der Waals surface area contributed by atoms with Crippen LogP contribution in [0.25, 0.3) is 0 Å². The van der Waals surface area contributed by atoms with Crippen LogP contribution in [-0.4, -0.2) is 51.1 Å². The monoisotopic (exact) mass is 338 g/mol. The van der Waals surface area contributed by atoms with E-state index in [1.807, 2.05) is 0 Å². The molecule has 1 unspecified atom stereocenters. The molecule has 1 aromatic carbocycles. The van der Waals surface area contributed by atoms with Gasteiger partial charge in [-0.15, -0.1) is 0 Å². The highest BCUT2D eigenvalue weighted by Gasteiger charge is 2.25. The highest BCUT2D eigenvalue weighted by molar-refractivity contribution is 7.89. The van der Waals surface area contributed by atoms with Crippen molar-refractivity contribution in [2.24, 2.45) is 0 Å². The van der Waals surface area contributed by atoms with Crippen molar-refractivity contribution in [1.82, 2.24) is 9.62 Å². The number of hydrogen-bond acceptors (Lipinski definition) is 4. The maximum atomic E-state index is 14.0. The number of nitrogens with one attached hydrogen (secondary N) is 1. The molecule has 1 aromatic rings. The van der Waals surface area contributed by atoms with Crippen LogP contribution in [0, 0.1) is 5.82 Å². The standard InChI is InChI=1S/C12H16ClFN2O4S/c1-7(16(2)3)6-15-21(19,20)10-5-8(13)4-9(11(10)14)12(17)18/h4-5,7,15H,6H2,1-3H3,(H,17,18). The third kappa shape index (κ3) is 4.37. The van der Waals surface area contributed by atoms with E-state index in [4.69, 9.17) is 16.7 Å². The summed E-state index contributed by atoms with van der Waals surface area (Å²) in [5.41, 5.74) is -0.788. The normalized spacial score (nSPS) is 13.4. The van der Waals surface area contributed by atoms with Gasteiger partial charge in [0.05, 0.1) is 5.56 Å². The second-order valence-electron chi connectivity index (χ2n) is 4.74. The first-order valence-corrected chi connectivity index (χ1v) is 7.80. The van der Waals surface area contributed by atoms with Crippen LogP contribution in [0.2, 0.25) is 5.02 Å². The van der Waals surface area contributed by atoms with E-state index in [-0.39, 0.29) is 17.6 Å². The van der Waals surface area contributed by atoms with Gasteiger partial charge >= 0.3 is 5.97 Å². The van der Waals surface area contributed by atoms with Crippen molar-refractivity contribution in [1.29, 1.82) is 0 Å². The van der Waals surface area contributed by atoms with Crippen LogP contribution >= 0.6 is 11.6 Å². The third-order valence-corrected chi connectivity index (χ3v) is 4.62. The molecule has 0 heterocycles. The van der Waals surface area contributed by atoms with Gasteiger partial charge in [0.2, 0.25) is 10.0 Å². The summed E-state index contributed by atoms with van der Waals surface area (Å²) in [5, 5.41) is 8.68. The molecule has 0 aromatic heterocycles. The minimum Gasteiger partial charge on any atom is -0.478 e. The van der Waals surface area contributed by atoms with Gasteiger partial charge in [0, 0.05) is 17.6 Å². The van der Waals surface area contributed by atoms with Crippen molar-refractivity contribution in [3.8, 4) is 0 Å². The fourth-order valence-electron chi connectivity index (χ4n) is 1.41. The summed E-state index contributed by atoms with van der Waals surface area (Å²) >= 11 is 5.65. The van der Waals surface area contributed by atoms with Gasteiger partial charge in [0.25, 0.3) is 0 Å². The lowest BCUT2D eigenvalue weighted by Crippen LogP contribution is -2.38. The molecular weight excluding hydrogens is 323 g/mol. The fourth-order valence-corrected chi connectivity index (χ4v) is 2.93. The molecule has 0 fully saturated rings. The van der Waals surface area contributed by atoms with Gasteiger partial charge in [-0.3, -0.25) is 0 Å². The van der Waals surface area contributed by atoms with Gasteiger partial charge in [-0.2, -0.15) is 0 Å². The van der Waals surface area contributed by atoms with E-state index in [1.54, 1.807) is 25.9 Å². The molecule has 0 aliphatic rings. The molecule has 0 saturated carbocycles. The Labute approximate surface area is 127 Å². The molecule has 9 heteroatoms. The predicted octanol–water partition coefficient (Wildman–Crippen LogP) is 1.41. The number of hydrogen-bond donors (Lipinski definition) is 2. The molecular formula is C12H16ClFN2O4S. The minimum atomic E-state index is -4.20. The van der Waals surface area contributed by atoms with Crippen molar-refractivity contribution < 1.29 is 22.7 Å². The number of carbonyl (C=O) groups is 1. The van der Waals surface area contributed by atoms with Crippen molar-refractivity contribution in [2.45, 2.75) is 17.9 Å². The molecule has 6 nitrogen and oxygen atoms in total. The van der Waals surface area contributed by atoms with E-state index in [1.165, 1.54) is 0 Å². The fraction of sp³-hybridized carbons (Fsp3) is 0.417. The number of carboxylic acids is 1. The summed E-state index contributed by atoms with van der Waals surface area (Å²) in [7, 11) is -0.667. The average Bonchev–Trinajstić information content (AvgIpc) is 2.37. The Morgan fingerprint density at radius 1 is 1.48 bits per heavy atom.